The number of hydrogen-bond donors (Lipinski definition) is 2. The Bertz CT molecular complexity index is 411. The molecule has 1 fully saturated rings. The molecular formula is C13H17NO3. The van der Waals surface area contributed by atoms with Crippen LogP contribution in [0.25, 0.3) is 0 Å². The Morgan fingerprint density at radius 1 is 1.29 bits per heavy atom. The summed E-state index contributed by atoms with van der Waals surface area (Å²) >= 11 is 0. The first-order valence-electron chi connectivity index (χ1n) is 5.97. The van der Waals surface area contributed by atoms with Gasteiger partial charge in [0.1, 0.15) is 0 Å². The molecule has 1 saturated carbocycles. The molecule has 92 valence electrons. The fourth-order valence-corrected chi connectivity index (χ4v) is 2.18. The van der Waals surface area contributed by atoms with Crippen molar-refractivity contribution in [3.63, 3.8) is 0 Å². The van der Waals surface area contributed by atoms with Crippen LogP contribution in [0.15, 0.2) is 18.2 Å². The topological polar surface area (TPSA) is 72.6 Å². The van der Waals surface area contributed by atoms with E-state index < -0.39 is 5.91 Å². The average molecular weight is 235 g/mol. The molecule has 17 heavy (non-hydrogen) atoms. The molecular weight excluding hydrogens is 218 g/mol. The van der Waals surface area contributed by atoms with Crippen LogP contribution in [-0.4, -0.2) is 17.1 Å². The van der Waals surface area contributed by atoms with Gasteiger partial charge in [0.25, 0.3) is 5.91 Å². The SMILES string of the molecule is NC(=O)c1cccc(OC2CCCCC2)c1O. The highest BCUT2D eigenvalue weighted by atomic mass is 16.5. The number of para-hydroxylation sites is 1. The lowest BCUT2D eigenvalue weighted by Crippen LogP contribution is -2.20. The second-order valence-corrected chi connectivity index (χ2v) is 4.39. The number of nitrogens with two attached hydrogens (primary N) is 1. The quantitative estimate of drug-likeness (QED) is 0.843. The number of benzene rings is 1. The van der Waals surface area contributed by atoms with E-state index in [4.69, 9.17) is 10.5 Å². The highest BCUT2D eigenvalue weighted by Gasteiger charge is 2.18. The summed E-state index contributed by atoms with van der Waals surface area (Å²) < 4.78 is 5.72. The van der Waals surface area contributed by atoms with Gasteiger partial charge >= 0.3 is 0 Å². The first-order valence-corrected chi connectivity index (χ1v) is 5.97. The largest absolute Gasteiger partial charge is 0.504 e. The zero-order valence-corrected chi connectivity index (χ0v) is 9.69. The van der Waals surface area contributed by atoms with Gasteiger partial charge in [-0.05, 0) is 37.8 Å². The molecule has 3 N–H and O–H groups in total. The van der Waals surface area contributed by atoms with Crippen LogP contribution in [0.3, 0.4) is 0 Å². The Labute approximate surface area is 100 Å². The van der Waals surface area contributed by atoms with Gasteiger partial charge in [-0.15, -0.1) is 0 Å². The van der Waals surface area contributed by atoms with Crippen molar-refractivity contribution in [1.82, 2.24) is 0 Å². The lowest BCUT2D eigenvalue weighted by molar-refractivity contribution is 0.0995. The molecule has 4 nitrogen and oxygen atoms in total. The van der Waals surface area contributed by atoms with Crippen LogP contribution in [0, 0.1) is 0 Å². The zero-order valence-electron chi connectivity index (χ0n) is 9.69. The van der Waals surface area contributed by atoms with Gasteiger partial charge in [0, 0.05) is 0 Å². The number of carbonyl (C=O) groups excluding carboxylic acids is 1. The Balaban J connectivity index is 2.15. The molecule has 0 aromatic heterocycles. The normalized spacial score (nSPS) is 16.7. The molecule has 0 aliphatic heterocycles. The third-order valence-electron chi connectivity index (χ3n) is 3.11. The summed E-state index contributed by atoms with van der Waals surface area (Å²) in [5.41, 5.74) is 5.27. The average Bonchev–Trinajstić information content (AvgIpc) is 2.33. The fourth-order valence-electron chi connectivity index (χ4n) is 2.18. The van der Waals surface area contributed by atoms with E-state index in [1.807, 2.05) is 0 Å². The smallest absolute Gasteiger partial charge is 0.252 e. The first kappa shape index (κ1) is 11.8. The number of phenols is 1. The minimum Gasteiger partial charge on any atom is -0.504 e. The van der Waals surface area contributed by atoms with Gasteiger partial charge in [0.15, 0.2) is 11.5 Å². The van der Waals surface area contributed by atoms with E-state index >= 15 is 0 Å². The third kappa shape index (κ3) is 2.70. The molecule has 0 bridgehead atoms. The van der Waals surface area contributed by atoms with Gasteiger partial charge in [-0.25, -0.2) is 0 Å². The van der Waals surface area contributed by atoms with Crippen molar-refractivity contribution in [1.29, 1.82) is 0 Å². The van der Waals surface area contributed by atoms with Crippen molar-refractivity contribution in [3.8, 4) is 11.5 Å². The Hall–Kier alpha value is -1.71. The number of hydrogen-bond acceptors (Lipinski definition) is 3. The summed E-state index contributed by atoms with van der Waals surface area (Å²) in [6.45, 7) is 0. The summed E-state index contributed by atoms with van der Waals surface area (Å²) in [5, 5.41) is 9.86. The van der Waals surface area contributed by atoms with Gasteiger partial charge < -0.3 is 15.6 Å². The number of primary amides is 1. The van der Waals surface area contributed by atoms with Crippen LogP contribution in [-0.2, 0) is 0 Å². The number of ether oxygens (including phenoxy) is 1. The standard InChI is InChI=1S/C13H17NO3/c14-13(16)10-7-4-8-11(12(10)15)17-9-5-2-1-3-6-9/h4,7-9,15H,1-3,5-6H2,(H2,14,16). The molecule has 2 rings (SSSR count). The number of amides is 1. The minimum absolute atomic E-state index is 0.110. The molecule has 1 aliphatic rings. The molecule has 1 aromatic carbocycles. The van der Waals surface area contributed by atoms with E-state index in [2.05, 4.69) is 0 Å². The van der Waals surface area contributed by atoms with Crippen molar-refractivity contribution in [2.24, 2.45) is 5.73 Å². The van der Waals surface area contributed by atoms with Crippen LogP contribution < -0.4 is 10.5 Å². The van der Waals surface area contributed by atoms with Crippen LogP contribution in [0.1, 0.15) is 42.5 Å². The lowest BCUT2D eigenvalue weighted by Gasteiger charge is -2.23. The third-order valence-corrected chi connectivity index (χ3v) is 3.11. The van der Waals surface area contributed by atoms with Crippen molar-refractivity contribution < 1.29 is 14.6 Å². The van der Waals surface area contributed by atoms with Gasteiger partial charge in [-0.2, -0.15) is 0 Å². The Morgan fingerprint density at radius 2 is 2.00 bits per heavy atom. The predicted molar refractivity (Wildman–Crippen MR) is 64.1 cm³/mol. The van der Waals surface area contributed by atoms with Crippen LogP contribution in [0.5, 0.6) is 11.5 Å². The molecule has 0 spiro atoms. The van der Waals surface area contributed by atoms with Crippen LogP contribution in [0.2, 0.25) is 0 Å². The van der Waals surface area contributed by atoms with Crippen LogP contribution in [0.4, 0.5) is 0 Å². The van der Waals surface area contributed by atoms with Gasteiger partial charge in [-0.3, -0.25) is 4.79 Å². The van der Waals surface area contributed by atoms with E-state index in [9.17, 15) is 9.90 Å². The van der Waals surface area contributed by atoms with E-state index in [1.54, 1.807) is 12.1 Å². The van der Waals surface area contributed by atoms with Crippen molar-refractivity contribution in [2.75, 3.05) is 0 Å². The minimum atomic E-state index is -0.642. The van der Waals surface area contributed by atoms with E-state index in [0.717, 1.165) is 25.7 Å². The monoisotopic (exact) mass is 235 g/mol. The summed E-state index contributed by atoms with van der Waals surface area (Å²) in [4.78, 5) is 11.1. The number of rotatable bonds is 3. The maximum Gasteiger partial charge on any atom is 0.252 e. The summed E-state index contributed by atoms with van der Waals surface area (Å²) in [6.07, 6.45) is 5.69. The predicted octanol–water partition coefficient (Wildman–Crippen LogP) is 2.20. The molecule has 0 saturated heterocycles. The second kappa shape index (κ2) is 5.08. The fraction of sp³-hybridized carbons (Fsp3) is 0.462. The van der Waals surface area contributed by atoms with E-state index in [-0.39, 0.29) is 17.4 Å². The van der Waals surface area contributed by atoms with E-state index in [1.165, 1.54) is 12.5 Å². The molecule has 0 heterocycles. The van der Waals surface area contributed by atoms with Gasteiger partial charge in [0.2, 0.25) is 0 Å². The van der Waals surface area contributed by atoms with E-state index in [0.29, 0.717) is 5.75 Å². The highest BCUT2D eigenvalue weighted by molar-refractivity contribution is 5.96. The first-order chi connectivity index (χ1) is 8.18. The summed E-state index contributed by atoms with van der Waals surface area (Å²) in [5.74, 6) is -0.435. The van der Waals surface area contributed by atoms with Crippen LogP contribution >= 0.6 is 0 Å². The Kier molecular flexibility index (Phi) is 3.52. The number of aromatic hydroxyl groups is 1. The van der Waals surface area contributed by atoms with Gasteiger partial charge in [-0.1, -0.05) is 12.5 Å². The molecule has 0 unspecified atom stereocenters. The molecule has 1 aromatic rings. The Morgan fingerprint density at radius 3 is 2.65 bits per heavy atom. The zero-order chi connectivity index (χ0) is 12.3. The molecule has 0 atom stereocenters. The highest BCUT2D eigenvalue weighted by Crippen LogP contribution is 2.32. The van der Waals surface area contributed by atoms with Crippen molar-refractivity contribution >= 4 is 5.91 Å². The van der Waals surface area contributed by atoms with Crippen molar-refractivity contribution in [2.45, 2.75) is 38.2 Å². The van der Waals surface area contributed by atoms with Gasteiger partial charge in [0.05, 0.1) is 11.7 Å². The maximum atomic E-state index is 11.1. The van der Waals surface area contributed by atoms with Crippen molar-refractivity contribution in [3.05, 3.63) is 23.8 Å². The molecule has 1 aliphatic carbocycles. The summed E-state index contributed by atoms with van der Waals surface area (Å²) in [7, 11) is 0. The molecule has 0 radical (unpaired) electrons. The summed E-state index contributed by atoms with van der Waals surface area (Å²) in [6, 6.07) is 4.82. The lowest BCUT2D eigenvalue weighted by atomic mass is 9.98. The maximum absolute atomic E-state index is 11.1. The number of carbonyl (C=O) groups is 1. The second-order valence-electron chi connectivity index (χ2n) is 4.39. The molecule has 1 amide bonds. The molecule has 4 heteroatoms.